The van der Waals surface area contributed by atoms with E-state index in [0.29, 0.717) is 0 Å². The first kappa shape index (κ1) is 21.8. The lowest BCUT2D eigenvalue weighted by molar-refractivity contribution is 0.402. The Labute approximate surface area is 183 Å². The number of anilines is 1. The van der Waals surface area contributed by atoms with Crippen LogP contribution in [-0.2, 0) is 13.0 Å². The van der Waals surface area contributed by atoms with Crippen molar-refractivity contribution in [3.8, 4) is 23.1 Å². The van der Waals surface area contributed by atoms with Crippen molar-refractivity contribution in [2.24, 2.45) is 0 Å². The largest absolute Gasteiger partial charge is 0.328 e. The minimum atomic E-state index is 0.794. The molecule has 30 heavy (non-hydrogen) atoms. The summed E-state index contributed by atoms with van der Waals surface area (Å²) in [7, 11) is 4.14. The molecule has 154 valence electrons. The van der Waals surface area contributed by atoms with Crippen LogP contribution in [0.4, 0.5) is 5.69 Å². The molecule has 1 N–H and O–H groups in total. The highest BCUT2D eigenvalue weighted by Crippen LogP contribution is 2.24. The zero-order valence-corrected chi connectivity index (χ0v) is 19.0. The zero-order chi connectivity index (χ0) is 21.5. The number of benzene rings is 1. The van der Waals surface area contributed by atoms with Gasteiger partial charge in [0.2, 0.25) is 0 Å². The van der Waals surface area contributed by atoms with Crippen LogP contribution in [-0.4, -0.2) is 40.2 Å². The lowest BCUT2D eigenvalue weighted by atomic mass is 10.0. The zero-order valence-electron chi connectivity index (χ0n) is 18.2. The minimum Gasteiger partial charge on any atom is -0.328 e. The predicted octanol–water partition coefficient (Wildman–Crippen LogP) is 4.56. The van der Waals surface area contributed by atoms with E-state index in [1.807, 2.05) is 19.2 Å². The molecule has 2 heterocycles. The number of aromatic nitrogens is 3. The van der Waals surface area contributed by atoms with Crippen LogP contribution in [0.25, 0.3) is 11.3 Å². The van der Waals surface area contributed by atoms with E-state index in [9.17, 15) is 0 Å². The molecule has 0 amide bonds. The average Bonchev–Trinajstić information content (AvgIpc) is 2.74. The molecule has 6 heteroatoms. The van der Waals surface area contributed by atoms with Crippen LogP contribution in [0.15, 0.2) is 42.9 Å². The molecule has 0 atom stereocenters. The molecule has 5 nitrogen and oxygen atoms in total. The van der Waals surface area contributed by atoms with Crippen LogP contribution < -0.4 is 4.72 Å². The van der Waals surface area contributed by atoms with Gasteiger partial charge in [-0.05, 0) is 45.1 Å². The predicted molar refractivity (Wildman–Crippen MR) is 126 cm³/mol. The number of pyridine rings is 1. The molecule has 0 bridgehead atoms. The molecule has 0 aliphatic rings. The molecular weight excluding hydrogens is 390 g/mol. The van der Waals surface area contributed by atoms with Gasteiger partial charge in [0.05, 0.1) is 28.3 Å². The van der Waals surface area contributed by atoms with E-state index in [4.69, 9.17) is 0 Å². The highest BCUT2D eigenvalue weighted by molar-refractivity contribution is 7.99. The van der Waals surface area contributed by atoms with Crippen LogP contribution in [0.1, 0.15) is 35.0 Å². The highest BCUT2D eigenvalue weighted by Gasteiger charge is 2.11. The Hall–Kier alpha value is -2.88. The fraction of sp³-hybridized carbons (Fsp3) is 0.292. The first-order valence-corrected chi connectivity index (χ1v) is 11.1. The Morgan fingerprint density at radius 2 is 1.93 bits per heavy atom. The molecule has 0 saturated carbocycles. The van der Waals surface area contributed by atoms with Crippen molar-refractivity contribution >= 4 is 17.6 Å². The second-order valence-electron chi connectivity index (χ2n) is 7.25. The van der Waals surface area contributed by atoms with E-state index >= 15 is 0 Å². The minimum absolute atomic E-state index is 0.794. The lowest BCUT2D eigenvalue weighted by Crippen LogP contribution is -2.10. The highest BCUT2D eigenvalue weighted by atomic mass is 32.2. The van der Waals surface area contributed by atoms with Gasteiger partial charge in [0, 0.05) is 30.1 Å². The summed E-state index contributed by atoms with van der Waals surface area (Å²) in [5.41, 5.74) is 7.78. The van der Waals surface area contributed by atoms with Crippen LogP contribution >= 0.6 is 11.9 Å². The van der Waals surface area contributed by atoms with Gasteiger partial charge in [0.25, 0.3) is 0 Å². The summed E-state index contributed by atoms with van der Waals surface area (Å²) in [6, 6.07) is 10.5. The lowest BCUT2D eigenvalue weighted by Gasteiger charge is -2.12. The molecule has 0 aliphatic heterocycles. The third-order valence-electron chi connectivity index (χ3n) is 4.59. The molecule has 0 aliphatic carbocycles. The third kappa shape index (κ3) is 5.38. The van der Waals surface area contributed by atoms with Gasteiger partial charge < -0.3 is 9.62 Å². The molecule has 0 saturated heterocycles. The second kappa shape index (κ2) is 10.2. The first-order chi connectivity index (χ1) is 14.5. The normalized spacial score (nSPS) is 10.6. The molecule has 3 aromatic rings. The van der Waals surface area contributed by atoms with Crippen LogP contribution in [0.2, 0.25) is 0 Å². The molecule has 1 aromatic carbocycles. The number of rotatable bonds is 6. The van der Waals surface area contributed by atoms with Crippen LogP contribution in [0.5, 0.6) is 0 Å². The number of nitrogens with one attached hydrogen (secondary N) is 1. The monoisotopic (exact) mass is 417 g/mol. The fourth-order valence-corrected chi connectivity index (χ4v) is 3.60. The van der Waals surface area contributed by atoms with Gasteiger partial charge in [-0.2, -0.15) is 0 Å². The maximum atomic E-state index is 4.59. The smallest absolute Gasteiger partial charge is 0.116 e. The Morgan fingerprint density at radius 1 is 1.10 bits per heavy atom. The Bertz CT molecular complexity index is 1080. The SMILES string of the molecule is CCc1ncnc(-c2cccc(CN(C)C)c2)c1C#Cc1cnc(C)c(NSC)c1. The van der Waals surface area contributed by atoms with E-state index < -0.39 is 0 Å². The maximum absolute atomic E-state index is 4.59. The maximum Gasteiger partial charge on any atom is 0.116 e. The molecule has 2 aromatic heterocycles. The van der Waals surface area contributed by atoms with Gasteiger partial charge in [-0.25, -0.2) is 9.97 Å². The van der Waals surface area contributed by atoms with E-state index in [-0.39, 0.29) is 0 Å². The molecule has 0 unspecified atom stereocenters. The summed E-state index contributed by atoms with van der Waals surface area (Å²) in [6.45, 7) is 4.95. The van der Waals surface area contributed by atoms with Crippen molar-refractivity contribution in [3.05, 3.63) is 70.9 Å². The van der Waals surface area contributed by atoms with Crippen molar-refractivity contribution in [1.82, 2.24) is 19.9 Å². The summed E-state index contributed by atoms with van der Waals surface area (Å²) in [6.07, 6.45) is 6.22. The Balaban J connectivity index is 2.05. The third-order valence-corrected chi connectivity index (χ3v) is 5.01. The second-order valence-corrected chi connectivity index (χ2v) is 7.86. The molecule has 3 rings (SSSR count). The van der Waals surface area contributed by atoms with E-state index in [2.05, 4.69) is 81.7 Å². The molecule has 0 spiro atoms. The number of hydrogen-bond acceptors (Lipinski definition) is 6. The Kier molecular flexibility index (Phi) is 7.45. The molecular formula is C24H27N5S. The number of nitrogens with zero attached hydrogens (tertiary/aromatic N) is 4. The summed E-state index contributed by atoms with van der Waals surface area (Å²) in [4.78, 5) is 15.7. The van der Waals surface area contributed by atoms with Crippen molar-refractivity contribution in [2.75, 3.05) is 25.1 Å². The number of aryl methyl sites for hydroxylation is 2. The topological polar surface area (TPSA) is 53.9 Å². The average molecular weight is 418 g/mol. The summed E-state index contributed by atoms with van der Waals surface area (Å²) in [5.74, 6) is 6.61. The van der Waals surface area contributed by atoms with E-state index in [0.717, 1.165) is 52.4 Å². The Morgan fingerprint density at radius 3 is 2.67 bits per heavy atom. The van der Waals surface area contributed by atoms with Crippen molar-refractivity contribution in [3.63, 3.8) is 0 Å². The summed E-state index contributed by atoms with van der Waals surface area (Å²) < 4.78 is 3.25. The first-order valence-electron chi connectivity index (χ1n) is 9.87. The summed E-state index contributed by atoms with van der Waals surface area (Å²) in [5, 5.41) is 0. The quantitative estimate of drug-likeness (QED) is 0.469. The van der Waals surface area contributed by atoms with Gasteiger partial charge in [-0.15, -0.1) is 0 Å². The van der Waals surface area contributed by atoms with Crippen molar-refractivity contribution < 1.29 is 0 Å². The van der Waals surface area contributed by atoms with Crippen LogP contribution in [0, 0.1) is 18.8 Å². The number of hydrogen-bond donors (Lipinski definition) is 1. The van der Waals surface area contributed by atoms with Gasteiger partial charge in [0.15, 0.2) is 0 Å². The standard InChI is InChI=1S/C24H27N5S/c1-6-22-21(11-10-18-13-23(28-30-5)17(2)25-14-18)24(27-16-26-22)20-9-7-8-19(12-20)15-29(3)4/h7-9,12-14,16,28H,6,15H2,1-5H3. The van der Waals surface area contributed by atoms with Gasteiger partial charge in [-0.3, -0.25) is 4.98 Å². The van der Waals surface area contributed by atoms with Crippen molar-refractivity contribution in [1.29, 1.82) is 0 Å². The van der Waals surface area contributed by atoms with Gasteiger partial charge in [0.1, 0.15) is 6.33 Å². The van der Waals surface area contributed by atoms with Crippen molar-refractivity contribution in [2.45, 2.75) is 26.8 Å². The van der Waals surface area contributed by atoms with Crippen LogP contribution in [0.3, 0.4) is 0 Å². The summed E-state index contributed by atoms with van der Waals surface area (Å²) >= 11 is 1.54. The molecule has 0 fully saturated rings. The van der Waals surface area contributed by atoms with E-state index in [1.165, 1.54) is 5.56 Å². The van der Waals surface area contributed by atoms with E-state index in [1.54, 1.807) is 24.5 Å². The molecule has 0 radical (unpaired) electrons. The van der Waals surface area contributed by atoms with Gasteiger partial charge in [-0.1, -0.05) is 48.9 Å². The van der Waals surface area contributed by atoms with Gasteiger partial charge >= 0.3 is 0 Å². The fourth-order valence-electron chi connectivity index (χ4n) is 3.17.